The summed E-state index contributed by atoms with van der Waals surface area (Å²) in [4.78, 5) is 0. The Balaban J connectivity index is 3.32. The van der Waals surface area contributed by atoms with Crippen molar-refractivity contribution in [3.05, 3.63) is 29.1 Å². The molecule has 1 atom stereocenters. The summed E-state index contributed by atoms with van der Waals surface area (Å²) in [6.45, 7) is 1.51. The summed E-state index contributed by atoms with van der Waals surface area (Å²) in [7, 11) is 0. The monoisotopic (exact) mass is 204 g/mol. The minimum atomic E-state index is -2.88. The number of alkyl halides is 2. The lowest BCUT2D eigenvalue weighted by Gasteiger charge is -2.11. The third-order valence-electron chi connectivity index (χ3n) is 1.88. The molecule has 0 spiro atoms. The fourth-order valence-electron chi connectivity index (χ4n) is 1.18. The smallest absolute Gasteiger partial charge is 0.266 e. The number of hydrogen-bond acceptors (Lipinski definition) is 2. The molecule has 0 aliphatic rings. The van der Waals surface area contributed by atoms with Crippen LogP contribution in [0.15, 0.2) is 12.1 Å². The predicted octanol–water partition coefficient (Wildman–Crippen LogP) is 2.37. The Labute approximate surface area is 79.7 Å². The van der Waals surface area contributed by atoms with E-state index in [0.29, 0.717) is 0 Å². The van der Waals surface area contributed by atoms with Gasteiger partial charge < -0.3 is 11.5 Å². The maximum atomic E-state index is 13.3. The van der Waals surface area contributed by atoms with Gasteiger partial charge in [-0.15, -0.1) is 0 Å². The molecule has 2 nitrogen and oxygen atoms in total. The van der Waals surface area contributed by atoms with Crippen LogP contribution in [-0.2, 0) is 0 Å². The molecule has 5 heteroatoms. The molecular weight excluding hydrogens is 193 g/mol. The second-order valence-electron chi connectivity index (χ2n) is 3.10. The van der Waals surface area contributed by atoms with E-state index in [1.807, 2.05) is 0 Å². The van der Waals surface area contributed by atoms with Gasteiger partial charge in [0.1, 0.15) is 5.82 Å². The summed E-state index contributed by atoms with van der Waals surface area (Å²) in [6, 6.07) is 1.54. The summed E-state index contributed by atoms with van der Waals surface area (Å²) in [5.41, 5.74) is 10.2. The average Bonchev–Trinajstić information content (AvgIpc) is 2.07. The molecule has 14 heavy (non-hydrogen) atoms. The quantitative estimate of drug-likeness (QED) is 0.726. The SMILES string of the molecule is C[C@@H](N)c1cc(N)cc(C(F)F)c1F. The second-order valence-corrected chi connectivity index (χ2v) is 3.10. The zero-order chi connectivity index (χ0) is 10.9. The second kappa shape index (κ2) is 3.88. The number of halogens is 3. The highest BCUT2D eigenvalue weighted by atomic mass is 19.3. The molecule has 0 unspecified atom stereocenters. The van der Waals surface area contributed by atoms with Crippen LogP contribution in [0.5, 0.6) is 0 Å². The molecule has 0 aliphatic heterocycles. The van der Waals surface area contributed by atoms with Gasteiger partial charge in [-0.1, -0.05) is 0 Å². The van der Waals surface area contributed by atoms with Gasteiger partial charge in [0.25, 0.3) is 6.43 Å². The highest BCUT2D eigenvalue weighted by molar-refractivity contribution is 5.46. The van der Waals surface area contributed by atoms with Gasteiger partial charge in [-0.05, 0) is 19.1 Å². The molecule has 0 bridgehead atoms. The van der Waals surface area contributed by atoms with Gasteiger partial charge in [-0.2, -0.15) is 0 Å². The van der Waals surface area contributed by atoms with Crippen molar-refractivity contribution in [1.29, 1.82) is 0 Å². The Morgan fingerprint density at radius 1 is 1.21 bits per heavy atom. The molecule has 1 rings (SSSR count). The minimum Gasteiger partial charge on any atom is -0.399 e. The topological polar surface area (TPSA) is 52.0 Å². The first kappa shape index (κ1) is 10.8. The van der Waals surface area contributed by atoms with Gasteiger partial charge in [0, 0.05) is 17.3 Å². The molecule has 0 saturated carbocycles. The van der Waals surface area contributed by atoms with Crippen LogP contribution in [0.3, 0.4) is 0 Å². The molecule has 0 fully saturated rings. The zero-order valence-electron chi connectivity index (χ0n) is 7.60. The largest absolute Gasteiger partial charge is 0.399 e. The van der Waals surface area contributed by atoms with Crippen LogP contribution in [-0.4, -0.2) is 0 Å². The van der Waals surface area contributed by atoms with E-state index in [-0.39, 0.29) is 11.3 Å². The average molecular weight is 204 g/mol. The van der Waals surface area contributed by atoms with Crippen LogP contribution in [0.2, 0.25) is 0 Å². The van der Waals surface area contributed by atoms with Crippen LogP contribution >= 0.6 is 0 Å². The van der Waals surface area contributed by atoms with Crippen molar-refractivity contribution in [1.82, 2.24) is 0 Å². The van der Waals surface area contributed by atoms with E-state index < -0.39 is 23.8 Å². The van der Waals surface area contributed by atoms with Crippen molar-refractivity contribution < 1.29 is 13.2 Å². The highest BCUT2D eigenvalue weighted by Gasteiger charge is 2.19. The minimum absolute atomic E-state index is 0.0142. The van der Waals surface area contributed by atoms with Crippen molar-refractivity contribution >= 4 is 5.69 Å². The van der Waals surface area contributed by atoms with Gasteiger partial charge >= 0.3 is 0 Å². The van der Waals surface area contributed by atoms with Crippen LogP contribution < -0.4 is 11.5 Å². The lowest BCUT2D eigenvalue weighted by Crippen LogP contribution is -2.10. The number of nitrogen functional groups attached to an aromatic ring is 1. The standard InChI is InChI=1S/C9H11F3N2/c1-4(13)6-2-5(14)3-7(8(6)10)9(11)12/h2-4,9H,13-14H2,1H3/t4-/m1/s1. The summed E-state index contributed by atoms with van der Waals surface area (Å²) >= 11 is 0. The Morgan fingerprint density at radius 2 is 1.71 bits per heavy atom. The number of nitrogens with two attached hydrogens (primary N) is 2. The van der Waals surface area contributed by atoms with Crippen molar-refractivity contribution in [3.8, 4) is 0 Å². The molecule has 4 N–H and O–H groups in total. The predicted molar refractivity (Wildman–Crippen MR) is 48.4 cm³/mol. The van der Waals surface area contributed by atoms with E-state index in [1.165, 1.54) is 13.0 Å². The Morgan fingerprint density at radius 3 is 2.14 bits per heavy atom. The number of hydrogen-bond donors (Lipinski definition) is 2. The van der Waals surface area contributed by atoms with Gasteiger partial charge in [0.2, 0.25) is 0 Å². The third-order valence-corrected chi connectivity index (χ3v) is 1.88. The maximum absolute atomic E-state index is 13.3. The van der Waals surface area contributed by atoms with Crippen LogP contribution in [0, 0.1) is 5.82 Å². The van der Waals surface area contributed by atoms with Crippen molar-refractivity contribution in [2.24, 2.45) is 5.73 Å². The lowest BCUT2D eigenvalue weighted by molar-refractivity contribution is 0.146. The fraction of sp³-hybridized carbons (Fsp3) is 0.333. The van der Waals surface area contributed by atoms with E-state index in [4.69, 9.17) is 11.5 Å². The normalized spacial score (nSPS) is 13.3. The molecule has 0 saturated heterocycles. The Hall–Kier alpha value is -1.23. The molecule has 0 heterocycles. The van der Waals surface area contributed by atoms with E-state index in [1.54, 1.807) is 0 Å². The van der Waals surface area contributed by atoms with Crippen LogP contribution in [0.1, 0.15) is 30.5 Å². The van der Waals surface area contributed by atoms with Crippen molar-refractivity contribution in [2.45, 2.75) is 19.4 Å². The van der Waals surface area contributed by atoms with Crippen molar-refractivity contribution in [2.75, 3.05) is 5.73 Å². The third kappa shape index (κ3) is 1.98. The van der Waals surface area contributed by atoms with E-state index in [0.717, 1.165) is 6.07 Å². The molecule has 0 aromatic heterocycles. The number of rotatable bonds is 2. The Kier molecular flexibility index (Phi) is 3.00. The van der Waals surface area contributed by atoms with Crippen molar-refractivity contribution in [3.63, 3.8) is 0 Å². The summed E-state index contributed by atoms with van der Waals surface area (Å²) < 4.78 is 38.0. The highest BCUT2D eigenvalue weighted by Crippen LogP contribution is 2.29. The Bertz CT molecular complexity index is 308. The fourth-order valence-corrected chi connectivity index (χ4v) is 1.18. The number of benzene rings is 1. The molecule has 1 aromatic carbocycles. The molecule has 0 radical (unpaired) electrons. The van der Waals surface area contributed by atoms with Gasteiger partial charge in [-0.3, -0.25) is 0 Å². The first-order chi connectivity index (χ1) is 6.43. The molecule has 1 aromatic rings. The van der Waals surface area contributed by atoms with E-state index in [2.05, 4.69) is 0 Å². The van der Waals surface area contributed by atoms with E-state index in [9.17, 15) is 13.2 Å². The van der Waals surface area contributed by atoms with Gasteiger partial charge in [0.05, 0.1) is 5.56 Å². The van der Waals surface area contributed by atoms with Crippen LogP contribution in [0.25, 0.3) is 0 Å². The van der Waals surface area contributed by atoms with Gasteiger partial charge in [-0.25, -0.2) is 13.2 Å². The maximum Gasteiger partial charge on any atom is 0.266 e. The molecule has 0 amide bonds. The molecule has 78 valence electrons. The first-order valence-corrected chi connectivity index (χ1v) is 4.06. The lowest BCUT2D eigenvalue weighted by atomic mass is 10.0. The van der Waals surface area contributed by atoms with Gasteiger partial charge in [0.15, 0.2) is 0 Å². The summed E-state index contributed by atoms with van der Waals surface area (Å²) in [6.07, 6.45) is -2.88. The summed E-state index contributed by atoms with van der Waals surface area (Å²) in [5, 5.41) is 0. The van der Waals surface area contributed by atoms with E-state index >= 15 is 0 Å². The number of anilines is 1. The summed E-state index contributed by atoms with van der Waals surface area (Å²) in [5.74, 6) is -0.968. The van der Waals surface area contributed by atoms with Crippen LogP contribution in [0.4, 0.5) is 18.9 Å². The zero-order valence-corrected chi connectivity index (χ0v) is 7.60. The molecule has 0 aliphatic carbocycles. The molecular formula is C9H11F3N2. The first-order valence-electron chi connectivity index (χ1n) is 4.06.